The quantitative estimate of drug-likeness (QED) is 0.245. The van der Waals surface area contributed by atoms with Crippen molar-refractivity contribution in [3.8, 4) is 5.75 Å². The lowest BCUT2D eigenvalue weighted by Crippen LogP contribution is -2.52. The Balaban J connectivity index is 1.94. The molecule has 0 saturated carbocycles. The minimum absolute atomic E-state index is 0.0961. The summed E-state index contributed by atoms with van der Waals surface area (Å²) in [5.74, 6) is -0.0195. The molecule has 3 rings (SSSR count). The Morgan fingerprint density at radius 2 is 1.70 bits per heavy atom. The highest BCUT2D eigenvalue weighted by Gasteiger charge is 2.31. The summed E-state index contributed by atoms with van der Waals surface area (Å²) in [7, 11) is 0. The van der Waals surface area contributed by atoms with Crippen molar-refractivity contribution in [3.63, 3.8) is 0 Å². The van der Waals surface area contributed by atoms with Crippen LogP contribution in [0, 0.1) is 5.92 Å². The van der Waals surface area contributed by atoms with Gasteiger partial charge in [0, 0.05) is 34.0 Å². The average Bonchev–Trinajstić information content (AvgIpc) is 2.85. The largest absolute Gasteiger partial charge is 0.482 e. The molecule has 5 nitrogen and oxygen atoms in total. The van der Waals surface area contributed by atoms with Crippen LogP contribution in [0.25, 0.3) is 0 Å². The number of carbonyl (C=O) groups is 2. The number of benzene rings is 3. The highest BCUT2D eigenvalue weighted by molar-refractivity contribution is 9.10. The van der Waals surface area contributed by atoms with Gasteiger partial charge < -0.3 is 15.0 Å². The van der Waals surface area contributed by atoms with E-state index in [-0.39, 0.29) is 30.9 Å². The van der Waals surface area contributed by atoms with E-state index in [4.69, 9.17) is 39.5 Å². The summed E-state index contributed by atoms with van der Waals surface area (Å²) in [6, 6.07) is 19.0. The zero-order valence-electron chi connectivity index (χ0n) is 20.5. The maximum Gasteiger partial charge on any atom is 0.261 e. The maximum atomic E-state index is 13.7. The molecular weight excluding hydrogens is 599 g/mol. The van der Waals surface area contributed by atoms with Gasteiger partial charge in [-0.05, 0) is 47.4 Å². The normalized spacial score (nSPS) is 11.8. The maximum absolute atomic E-state index is 13.7. The molecule has 0 radical (unpaired) electrons. The molecule has 0 heterocycles. The summed E-state index contributed by atoms with van der Waals surface area (Å²) in [4.78, 5) is 28.6. The van der Waals surface area contributed by atoms with Gasteiger partial charge in [-0.2, -0.15) is 0 Å². The van der Waals surface area contributed by atoms with Crippen molar-refractivity contribution in [1.82, 2.24) is 10.2 Å². The third-order valence-electron chi connectivity index (χ3n) is 5.56. The van der Waals surface area contributed by atoms with Crippen LogP contribution in [0.3, 0.4) is 0 Å². The molecule has 0 bridgehead atoms. The minimum atomic E-state index is -0.801. The number of rotatable bonds is 11. The fourth-order valence-electron chi connectivity index (χ4n) is 3.62. The van der Waals surface area contributed by atoms with E-state index in [9.17, 15) is 9.59 Å². The van der Waals surface area contributed by atoms with Crippen molar-refractivity contribution in [2.24, 2.45) is 5.92 Å². The molecule has 0 unspecified atom stereocenters. The molecular formula is C28H28BrCl3N2O3. The Labute approximate surface area is 241 Å². The van der Waals surface area contributed by atoms with Crippen molar-refractivity contribution in [1.29, 1.82) is 0 Å². The van der Waals surface area contributed by atoms with Gasteiger partial charge in [0.25, 0.3) is 5.91 Å². The van der Waals surface area contributed by atoms with E-state index in [0.717, 1.165) is 10.0 Å². The molecule has 0 spiro atoms. The topological polar surface area (TPSA) is 58.6 Å². The van der Waals surface area contributed by atoms with Gasteiger partial charge in [0.15, 0.2) is 6.61 Å². The van der Waals surface area contributed by atoms with Gasteiger partial charge in [-0.15, -0.1) is 0 Å². The highest BCUT2D eigenvalue weighted by atomic mass is 79.9. The van der Waals surface area contributed by atoms with Crippen LogP contribution in [0.1, 0.15) is 25.0 Å². The second kappa shape index (κ2) is 14.1. The first-order valence-electron chi connectivity index (χ1n) is 11.8. The molecule has 0 aliphatic carbocycles. The Morgan fingerprint density at radius 1 is 0.973 bits per heavy atom. The summed E-state index contributed by atoms with van der Waals surface area (Å²) in [6.07, 6.45) is 0.320. The summed E-state index contributed by atoms with van der Waals surface area (Å²) >= 11 is 22.2. The standard InChI is InChI=1S/C28H28BrCl3N2O3/c1-18(2)15-33-28(36)25(12-19-6-4-3-5-7-19)34(16-20-8-10-22(30)14-23(20)31)27(35)17-37-26-11-9-21(29)13-24(26)32/h3-11,13-14,18,25H,12,15-17H2,1-2H3,(H,33,36)/t25-/m0/s1. The smallest absolute Gasteiger partial charge is 0.261 e. The van der Waals surface area contributed by atoms with Crippen LogP contribution < -0.4 is 10.1 Å². The van der Waals surface area contributed by atoms with E-state index in [0.29, 0.717) is 39.3 Å². The average molecular weight is 627 g/mol. The van der Waals surface area contributed by atoms with Crippen molar-refractivity contribution >= 4 is 62.5 Å². The molecule has 37 heavy (non-hydrogen) atoms. The predicted octanol–water partition coefficient (Wildman–Crippen LogP) is 7.20. The minimum Gasteiger partial charge on any atom is -0.482 e. The molecule has 0 saturated heterocycles. The third-order valence-corrected chi connectivity index (χ3v) is 6.93. The summed E-state index contributed by atoms with van der Waals surface area (Å²) in [5, 5.41) is 4.24. The van der Waals surface area contributed by atoms with E-state index in [1.54, 1.807) is 36.4 Å². The number of halogens is 4. The van der Waals surface area contributed by atoms with Gasteiger partial charge in [-0.3, -0.25) is 9.59 Å². The van der Waals surface area contributed by atoms with Crippen LogP contribution in [0.4, 0.5) is 0 Å². The molecule has 0 fully saturated rings. The van der Waals surface area contributed by atoms with Crippen molar-refractivity contribution in [2.75, 3.05) is 13.2 Å². The van der Waals surface area contributed by atoms with Crippen LogP contribution in [0.2, 0.25) is 15.1 Å². The van der Waals surface area contributed by atoms with Crippen molar-refractivity contribution in [2.45, 2.75) is 32.9 Å². The van der Waals surface area contributed by atoms with Crippen LogP contribution in [-0.4, -0.2) is 35.9 Å². The molecule has 0 aliphatic rings. The molecule has 3 aromatic rings. The Kier molecular flexibility index (Phi) is 11.1. The summed E-state index contributed by atoms with van der Waals surface area (Å²) in [5.41, 5.74) is 1.58. The van der Waals surface area contributed by atoms with E-state index in [1.807, 2.05) is 44.2 Å². The number of hydrogen-bond donors (Lipinski definition) is 1. The molecule has 1 N–H and O–H groups in total. The Morgan fingerprint density at radius 3 is 2.35 bits per heavy atom. The molecule has 3 aromatic carbocycles. The molecule has 1 atom stereocenters. The highest BCUT2D eigenvalue weighted by Crippen LogP contribution is 2.28. The first kappa shape index (κ1) is 29.3. The number of carbonyl (C=O) groups excluding carboxylic acids is 2. The number of nitrogens with zero attached hydrogens (tertiary/aromatic N) is 1. The van der Waals surface area contributed by atoms with Crippen LogP contribution in [0.15, 0.2) is 71.2 Å². The lowest BCUT2D eigenvalue weighted by atomic mass is 10.0. The number of ether oxygens (including phenoxy) is 1. The Bertz CT molecular complexity index is 1220. The first-order chi connectivity index (χ1) is 17.6. The van der Waals surface area contributed by atoms with E-state index in [2.05, 4.69) is 21.2 Å². The molecule has 0 aromatic heterocycles. The van der Waals surface area contributed by atoms with Gasteiger partial charge in [0.2, 0.25) is 5.91 Å². The summed E-state index contributed by atoms with van der Waals surface area (Å²) in [6.45, 7) is 4.30. The van der Waals surface area contributed by atoms with Gasteiger partial charge >= 0.3 is 0 Å². The molecule has 0 aliphatic heterocycles. The summed E-state index contributed by atoms with van der Waals surface area (Å²) < 4.78 is 6.56. The number of hydrogen-bond acceptors (Lipinski definition) is 3. The Hall–Kier alpha value is -2.25. The fourth-order valence-corrected chi connectivity index (χ4v) is 4.82. The van der Waals surface area contributed by atoms with Crippen molar-refractivity contribution in [3.05, 3.63) is 97.4 Å². The van der Waals surface area contributed by atoms with Gasteiger partial charge in [0.1, 0.15) is 11.8 Å². The zero-order chi connectivity index (χ0) is 26.9. The predicted molar refractivity (Wildman–Crippen MR) is 153 cm³/mol. The molecule has 2 amide bonds. The fraction of sp³-hybridized carbons (Fsp3) is 0.286. The van der Waals surface area contributed by atoms with Gasteiger partial charge in [-0.25, -0.2) is 0 Å². The lowest BCUT2D eigenvalue weighted by molar-refractivity contribution is -0.142. The number of amides is 2. The molecule has 9 heteroatoms. The van der Waals surface area contributed by atoms with E-state index >= 15 is 0 Å². The van der Waals surface area contributed by atoms with Crippen LogP contribution >= 0.6 is 50.7 Å². The SMILES string of the molecule is CC(C)CNC(=O)[C@H](Cc1ccccc1)N(Cc1ccc(Cl)cc1Cl)C(=O)COc1ccc(Br)cc1Cl. The van der Waals surface area contributed by atoms with Crippen LogP contribution in [0.5, 0.6) is 5.75 Å². The van der Waals surface area contributed by atoms with E-state index in [1.165, 1.54) is 4.90 Å². The third kappa shape index (κ3) is 8.92. The monoisotopic (exact) mass is 624 g/mol. The molecule has 196 valence electrons. The van der Waals surface area contributed by atoms with Gasteiger partial charge in [-0.1, -0.05) is 101 Å². The number of nitrogens with one attached hydrogen (secondary N) is 1. The first-order valence-corrected chi connectivity index (χ1v) is 13.7. The zero-order valence-corrected chi connectivity index (χ0v) is 24.4. The van der Waals surface area contributed by atoms with Crippen LogP contribution in [-0.2, 0) is 22.6 Å². The lowest BCUT2D eigenvalue weighted by Gasteiger charge is -2.32. The second-order valence-electron chi connectivity index (χ2n) is 8.97. The van der Waals surface area contributed by atoms with E-state index < -0.39 is 6.04 Å². The second-order valence-corrected chi connectivity index (χ2v) is 11.1. The van der Waals surface area contributed by atoms with Gasteiger partial charge in [0.05, 0.1) is 5.02 Å². The van der Waals surface area contributed by atoms with Crippen molar-refractivity contribution < 1.29 is 14.3 Å².